The van der Waals surface area contributed by atoms with Crippen LogP contribution in [0.2, 0.25) is 0 Å². The Morgan fingerprint density at radius 3 is 2.23 bits per heavy atom. The summed E-state index contributed by atoms with van der Waals surface area (Å²) in [7, 11) is -1.98. The van der Waals surface area contributed by atoms with Crippen molar-refractivity contribution >= 4 is 21.9 Å². The van der Waals surface area contributed by atoms with Gasteiger partial charge in [-0.3, -0.25) is 9.79 Å². The van der Waals surface area contributed by atoms with E-state index in [9.17, 15) is 28.5 Å². The van der Waals surface area contributed by atoms with Gasteiger partial charge in [-0.2, -0.15) is 0 Å². The molecular formula is C27H42N6O6S. The monoisotopic (exact) mass is 578 g/mol. The molecule has 40 heavy (non-hydrogen) atoms. The minimum atomic E-state index is -3.86. The average Bonchev–Trinajstić information content (AvgIpc) is 2.90. The summed E-state index contributed by atoms with van der Waals surface area (Å²) in [6.07, 6.45) is 4.03. The first kappa shape index (κ1) is 32.7. The third kappa shape index (κ3) is 10.5. The van der Waals surface area contributed by atoms with Gasteiger partial charge in [0, 0.05) is 37.3 Å². The predicted molar refractivity (Wildman–Crippen MR) is 155 cm³/mol. The van der Waals surface area contributed by atoms with Crippen molar-refractivity contribution in [2.75, 3.05) is 26.7 Å². The van der Waals surface area contributed by atoms with Crippen LogP contribution in [0, 0.1) is 6.92 Å². The van der Waals surface area contributed by atoms with Gasteiger partial charge < -0.3 is 37.0 Å². The second kappa shape index (κ2) is 15.9. The molecule has 222 valence electrons. The van der Waals surface area contributed by atoms with E-state index in [-0.39, 0.29) is 35.0 Å². The number of carbonyl (C=O) groups is 1. The maximum atomic E-state index is 12.9. The lowest BCUT2D eigenvalue weighted by atomic mass is 10.1. The Labute approximate surface area is 236 Å². The Kier molecular flexibility index (Phi) is 13.0. The number of likely N-dealkylation sites (N-methyl/N-ethyl adjacent to an activating group) is 1. The highest BCUT2D eigenvalue weighted by atomic mass is 32.2. The molecule has 0 aliphatic heterocycles. The lowest BCUT2D eigenvalue weighted by molar-refractivity contribution is 0.0932. The van der Waals surface area contributed by atoms with Crippen molar-refractivity contribution in [1.82, 2.24) is 20.7 Å². The van der Waals surface area contributed by atoms with Crippen LogP contribution < -0.4 is 26.4 Å². The number of hydrogen-bond acceptors (Lipinski definition) is 9. The fourth-order valence-electron chi connectivity index (χ4n) is 3.99. The van der Waals surface area contributed by atoms with Crippen LogP contribution in [0.15, 0.2) is 46.3 Å². The van der Waals surface area contributed by atoms with E-state index in [1.165, 1.54) is 12.1 Å². The van der Waals surface area contributed by atoms with Crippen LogP contribution in [-0.4, -0.2) is 74.4 Å². The first-order valence-electron chi connectivity index (χ1n) is 13.3. The molecule has 2 aromatic rings. The third-order valence-corrected chi connectivity index (χ3v) is 7.61. The summed E-state index contributed by atoms with van der Waals surface area (Å²) in [4.78, 5) is 17.1. The number of rotatable bonds is 16. The fraction of sp³-hybridized carbons (Fsp3) is 0.481. The molecule has 0 aliphatic carbocycles. The predicted octanol–water partition coefficient (Wildman–Crippen LogP) is 1.65. The van der Waals surface area contributed by atoms with E-state index in [2.05, 4.69) is 32.6 Å². The molecule has 0 spiro atoms. The van der Waals surface area contributed by atoms with Crippen LogP contribution in [0.5, 0.6) is 17.2 Å². The van der Waals surface area contributed by atoms with Crippen LogP contribution in [0.4, 0.5) is 0 Å². The quantitative estimate of drug-likeness (QED) is 0.0631. The van der Waals surface area contributed by atoms with Gasteiger partial charge in [0.25, 0.3) is 15.9 Å². The molecule has 0 bridgehead atoms. The van der Waals surface area contributed by atoms with E-state index in [1.54, 1.807) is 12.1 Å². The summed E-state index contributed by atoms with van der Waals surface area (Å²) in [5, 5.41) is 38.7. The molecule has 0 aromatic heterocycles. The first-order valence-corrected chi connectivity index (χ1v) is 14.8. The van der Waals surface area contributed by atoms with Gasteiger partial charge in [0.15, 0.2) is 17.2 Å². The number of aryl methyl sites for hydroxylation is 1. The average molecular weight is 579 g/mol. The summed E-state index contributed by atoms with van der Waals surface area (Å²) < 4.78 is 27.3. The van der Waals surface area contributed by atoms with Gasteiger partial charge in [-0.05, 0) is 57.5 Å². The second-order valence-corrected chi connectivity index (χ2v) is 11.3. The number of nitrogens with one attached hydrogen (secondary N) is 4. The second-order valence-electron chi connectivity index (χ2n) is 9.67. The summed E-state index contributed by atoms with van der Waals surface area (Å²) >= 11 is 0. The largest absolute Gasteiger partial charge is 0.504 e. The number of benzene rings is 2. The van der Waals surface area contributed by atoms with Crippen molar-refractivity contribution in [3.8, 4) is 17.2 Å². The van der Waals surface area contributed by atoms with Crippen molar-refractivity contribution in [1.29, 1.82) is 0 Å². The van der Waals surface area contributed by atoms with Gasteiger partial charge in [0.05, 0.1) is 4.90 Å². The van der Waals surface area contributed by atoms with Gasteiger partial charge in [0.1, 0.15) is 0 Å². The number of guanidine groups is 1. The topological polar surface area (TPSA) is 198 Å². The van der Waals surface area contributed by atoms with E-state index in [0.29, 0.717) is 19.4 Å². The highest BCUT2D eigenvalue weighted by Crippen LogP contribution is 2.35. The third-order valence-electron chi connectivity index (χ3n) is 6.24. The number of aromatic hydroxyl groups is 3. The van der Waals surface area contributed by atoms with Gasteiger partial charge in [0.2, 0.25) is 5.96 Å². The number of aliphatic imine (C=N–C) groups is 1. The maximum absolute atomic E-state index is 12.9. The van der Waals surface area contributed by atoms with Crippen molar-refractivity contribution in [3.63, 3.8) is 0 Å². The molecule has 0 saturated heterocycles. The molecule has 0 heterocycles. The minimum Gasteiger partial charge on any atom is -0.504 e. The SMILES string of the molecule is CCCC[C@@H](CNC)NC[C@H](CCCN=C(N)NS(=O)(=O)c1ccc(C)cc1)NC(=O)c1cc(O)c(O)c(O)c1. The number of nitrogens with zero attached hydrogens (tertiary/aromatic N) is 1. The standard InChI is InChI=1S/C27H42N6O6S/c1-4-5-7-20(16-29-3)31-17-21(32-26(37)19-14-23(34)25(36)24(35)15-19)8-6-13-30-27(28)33-40(38,39)22-11-9-18(2)10-12-22/h9-12,14-15,20-21,29,31,34-36H,4-8,13,16-17H2,1-3H3,(H,32,37)(H3,28,30,33)/t20-,21-/m0/s1. The molecule has 1 amide bonds. The van der Waals surface area contributed by atoms with Crippen molar-refractivity contribution in [2.24, 2.45) is 10.7 Å². The smallest absolute Gasteiger partial charge is 0.264 e. The van der Waals surface area contributed by atoms with E-state index in [1.807, 2.05) is 14.0 Å². The zero-order chi connectivity index (χ0) is 29.7. The summed E-state index contributed by atoms with van der Waals surface area (Å²) in [5.74, 6) is -2.68. The molecule has 0 radical (unpaired) electrons. The molecule has 13 heteroatoms. The lowest BCUT2D eigenvalue weighted by Gasteiger charge is -2.24. The van der Waals surface area contributed by atoms with Crippen LogP contribution in [0.25, 0.3) is 0 Å². The zero-order valence-electron chi connectivity index (χ0n) is 23.3. The molecule has 2 atom stereocenters. The molecule has 0 fully saturated rings. The van der Waals surface area contributed by atoms with Crippen LogP contribution in [-0.2, 0) is 10.0 Å². The van der Waals surface area contributed by atoms with Gasteiger partial charge in [-0.25, -0.2) is 13.1 Å². The van der Waals surface area contributed by atoms with Crippen LogP contribution in [0.3, 0.4) is 0 Å². The zero-order valence-corrected chi connectivity index (χ0v) is 24.1. The van der Waals surface area contributed by atoms with E-state index >= 15 is 0 Å². The molecule has 0 saturated carbocycles. The van der Waals surface area contributed by atoms with Crippen LogP contribution >= 0.6 is 0 Å². The van der Waals surface area contributed by atoms with Crippen LogP contribution in [0.1, 0.15) is 54.9 Å². The maximum Gasteiger partial charge on any atom is 0.264 e. The van der Waals surface area contributed by atoms with Gasteiger partial charge >= 0.3 is 0 Å². The minimum absolute atomic E-state index is 0.0108. The highest BCUT2D eigenvalue weighted by Gasteiger charge is 2.19. The number of nitrogens with two attached hydrogens (primary N) is 1. The number of phenols is 3. The Morgan fingerprint density at radius 2 is 1.62 bits per heavy atom. The summed E-state index contributed by atoms with van der Waals surface area (Å²) in [6, 6.07) is 8.34. The Balaban J connectivity index is 2.04. The number of carbonyl (C=O) groups excluding carboxylic acids is 1. The first-order chi connectivity index (χ1) is 19.0. The molecule has 12 nitrogen and oxygen atoms in total. The number of amides is 1. The van der Waals surface area contributed by atoms with E-state index in [0.717, 1.165) is 43.5 Å². The summed E-state index contributed by atoms with van der Waals surface area (Å²) in [6.45, 7) is 5.38. The Morgan fingerprint density at radius 1 is 1.00 bits per heavy atom. The molecule has 0 unspecified atom stereocenters. The van der Waals surface area contributed by atoms with Crippen molar-refractivity contribution < 1.29 is 28.5 Å². The lowest BCUT2D eigenvalue weighted by Crippen LogP contribution is -2.47. The summed E-state index contributed by atoms with van der Waals surface area (Å²) in [5.41, 5.74) is 6.74. The van der Waals surface area contributed by atoms with E-state index in [4.69, 9.17) is 5.73 Å². The number of unbranched alkanes of at least 4 members (excludes halogenated alkanes) is 1. The van der Waals surface area contributed by atoms with Crippen molar-refractivity contribution in [3.05, 3.63) is 47.5 Å². The van der Waals surface area contributed by atoms with Gasteiger partial charge in [-0.15, -0.1) is 0 Å². The van der Waals surface area contributed by atoms with E-state index < -0.39 is 33.2 Å². The molecular weight excluding hydrogens is 536 g/mol. The Hall–Kier alpha value is -3.55. The molecule has 0 aliphatic rings. The Bertz CT molecular complexity index is 1210. The molecule has 2 aromatic carbocycles. The van der Waals surface area contributed by atoms with Crippen molar-refractivity contribution in [2.45, 2.75) is 62.9 Å². The molecule has 9 N–H and O–H groups in total. The normalized spacial score (nSPS) is 13.5. The fourth-order valence-corrected chi connectivity index (χ4v) is 4.95. The number of hydrogen-bond donors (Lipinski definition) is 8. The highest BCUT2D eigenvalue weighted by molar-refractivity contribution is 7.90. The van der Waals surface area contributed by atoms with Gasteiger partial charge in [-0.1, -0.05) is 37.5 Å². The number of sulfonamides is 1. The molecule has 2 rings (SSSR count). The number of phenolic OH excluding ortho intramolecular Hbond substituents is 3.